The van der Waals surface area contributed by atoms with Gasteiger partial charge in [-0.3, -0.25) is 4.79 Å². The molecule has 0 saturated carbocycles. The van der Waals surface area contributed by atoms with Gasteiger partial charge in [-0.1, -0.05) is 12.1 Å². The van der Waals surface area contributed by atoms with Crippen molar-refractivity contribution in [2.45, 2.75) is 6.92 Å². The summed E-state index contributed by atoms with van der Waals surface area (Å²) in [7, 11) is 0. The summed E-state index contributed by atoms with van der Waals surface area (Å²) in [5.74, 6) is 1.12. The van der Waals surface area contributed by atoms with Gasteiger partial charge < -0.3 is 9.40 Å². The Morgan fingerprint density at radius 2 is 2.12 bits per heavy atom. The van der Waals surface area contributed by atoms with Crippen LogP contribution in [0.4, 0.5) is 0 Å². The Morgan fingerprint density at radius 3 is 2.88 bits per heavy atom. The number of aryl methyl sites for hydroxylation is 1. The molecule has 0 fully saturated rings. The summed E-state index contributed by atoms with van der Waals surface area (Å²) in [5.41, 5.74) is 1.04. The summed E-state index contributed by atoms with van der Waals surface area (Å²) in [6.45, 7) is 1.77. The highest BCUT2D eigenvalue weighted by atomic mass is 16.3. The molecule has 84 valence electrons. The lowest BCUT2D eigenvalue weighted by Crippen LogP contribution is -2.08. The number of fused-ring (bicyclic) bond motifs is 1. The normalized spacial score (nSPS) is 10.9. The van der Waals surface area contributed by atoms with Gasteiger partial charge in [-0.2, -0.15) is 0 Å². The van der Waals surface area contributed by atoms with Crippen LogP contribution >= 0.6 is 0 Å². The van der Waals surface area contributed by atoms with Gasteiger partial charge in [0.1, 0.15) is 22.7 Å². The van der Waals surface area contributed by atoms with E-state index in [9.17, 15) is 4.79 Å². The van der Waals surface area contributed by atoms with Crippen LogP contribution < -0.4 is 5.43 Å². The lowest BCUT2D eigenvalue weighted by Gasteiger charge is -2.03. The second-order valence-electron chi connectivity index (χ2n) is 3.80. The smallest absolute Gasteiger partial charge is 0.203 e. The number of nitrogens with one attached hydrogen (secondary N) is 1. The van der Waals surface area contributed by atoms with Crippen LogP contribution in [0.25, 0.3) is 22.4 Å². The van der Waals surface area contributed by atoms with Gasteiger partial charge in [0.05, 0.1) is 5.39 Å². The second-order valence-corrected chi connectivity index (χ2v) is 3.80. The number of H-pyrrole nitrogens is 1. The number of para-hydroxylation sites is 1. The van der Waals surface area contributed by atoms with Crippen molar-refractivity contribution in [3.8, 4) is 11.4 Å². The Labute approximate surface area is 96.9 Å². The van der Waals surface area contributed by atoms with E-state index in [0.717, 1.165) is 0 Å². The molecule has 2 aromatic heterocycles. The number of benzene rings is 1. The maximum absolute atomic E-state index is 12.3. The molecule has 3 aromatic rings. The third-order valence-corrected chi connectivity index (χ3v) is 2.71. The molecule has 1 aromatic carbocycles. The fraction of sp³-hybridized carbons (Fsp3) is 0.0769. The molecule has 4 heteroatoms. The van der Waals surface area contributed by atoms with E-state index in [1.807, 2.05) is 12.1 Å². The third kappa shape index (κ3) is 1.45. The van der Waals surface area contributed by atoms with Crippen molar-refractivity contribution in [2.75, 3.05) is 0 Å². The molecule has 0 saturated heterocycles. The minimum atomic E-state index is -0.0562. The van der Waals surface area contributed by atoms with Crippen molar-refractivity contribution in [1.82, 2.24) is 9.97 Å². The summed E-state index contributed by atoms with van der Waals surface area (Å²) in [4.78, 5) is 19.4. The molecule has 0 unspecified atom stereocenters. The van der Waals surface area contributed by atoms with Crippen LogP contribution in [-0.4, -0.2) is 9.97 Å². The summed E-state index contributed by atoms with van der Waals surface area (Å²) in [6.07, 6.45) is 3.30. The predicted octanol–water partition coefficient (Wildman–Crippen LogP) is 2.49. The van der Waals surface area contributed by atoms with E-state index in [1.54, 1.807) is 31.5 Å². The lowest BCUT2D eigenvalue weighted by atomic mass is 10.1. The maximum atomic E-state index is 12.3. The van der Waals surface area contributed by atoms with E-state index in [-0.39, 0.29) is 5.43 Å². The maximum Gasteiger partial charge on any atom is 0.203 e. The molecule has 0 aliphatic carbocycles. The summed E-state index contributed by atoms with van der Waals surface area (Å²) in [5, 5.41) is 0.574. The monoisotopic (exact) mass is 226 g/mol. The van der Waals surface area contributed by atoms with Gasteiger partial charge in [-0.15, -0.1) is 0 Å². The summed E-state index contributed by atoms with van der Waals surface area (Å²) >= 11 is 0. The first-order valence-electron chi connectivity index (χ1n) is 5.29. The molecular formula is C13H10N2O2. The minimum Gasteiger partial charge on any atom is -0.460 e. The van der Waals surface area contributed by atoms with Crippen LogP contribution in [-0.2, 0) is 0 Å². The number of aromatic amines is 1. The fourth-order valence-electron chi connectivity index (χ4n) is 1.93. The first-order valence-corrected chi connectivity index (χ1v) is 5.29. The number of aromatic nitrogens is 2. The lowest BCUT2D eigenvalue weighted by molar-refractivity contribution is 0.566. The van der Waals surface area contributed by atoms with Crippen molar-refractivity contribution in [1.29, 1.82) is 0 Å². The van der Waals surface area contributed by atoms with E-state index < -0.39 is 0 Å². The molecule has 4 nitrogen and oxygen atoms in total. The van der Waals surface area contributed by atoms with Gasteiger partial charge >= 0.3 is 0 Å². The van der Waals surface area contributed by atoms with Gasteiger partial charge in [0, 0.05) is 12.4 Å². The summed E-state index contributed by atoms with van der Waals surface area (Å²) in [6, 6.07) is 7.21. The first-order chi connectivity index (χ1) is 8.27. The fourth-order valence-corrected chi connectivity index (χ4v) is 1.93. The number of hydrogen-bond donors (Lipinski definition) is 1. The molecule has 0 radical (unpaired) electrons. The van der Waals surface area contributed by atoms with Crippen LogP contribution in [0.3, 0.4) is 0 Å². The van der Waals surface area contributed by atoms with E-state index >= 15 is 0 Å². The van der Waals surface area contributed by atoms with Crippen molar-refractivity contribution < 1.29 is 4.42 Å². The van der Waals surface area contributed by atoms with Crippen LogP contribution in [0.2, 0.25) is 0 Å². The molecule has 0 bridgehead atoms. The topological polar surface area (TPSA) is 58.9 Å². The van der Waals surface area contributed by atoms with E-state index in [2.05, 4.69) is 9.97 Å². The molecule has 0 aliphatic heterocycles. The molecule has 17 heavy (non-hydrogen) atoms. The van der Waals surface area contributed by atoms with Gasteiger partial charge in [-0.25, -0.2) is 4.98 Å². The second kappa shape index (κ2) is 3.59. The van der Waals surface area contributed by atoms with Crippen molar-refractivity contribution >= 4 is 11.0 Å². The Balaban J connectivity index is 2.44. The number of nitrogens with zero attached hydrogens (tertiary/aromatic N) is 1. The first kappa shape index (κ1) is 9.84. The van der Waals surface area contributed by atoms with E-state index in [4.69, 9.17) is 4.42 Å². The number of rotatable bonds is 1. The van der Waals surface area contributed by atoms with Gasteiger partial charge in [-0.05, 0) is 19.1 Å². The number of imidazole rings is 1. The Hall–Kier alpha value is -2.36. The van der Waals surface area contributed by atoms with Gasteiger partial charge in [0.25, 0.3) is 0 Å². The average molecular weight is 226 g/mol. The van der Waals surface area contributed by atoms with E-state index in [0.29, 0.717) is 28.1 Å². The molecule has 0 atom stereocenters. The van der Waals surface area contributed by atoms with Crippen LogP contribution in [0.15, 0.2) is 45.9 Å². The van der Waals surface area contributed by atoms with Gasteiger partial charge in [0.15, 0.2) is 0 Å². The molecule has 0 amide bonds. The van der Waals surface area contributed by atoms with E-state index in [1.165, 1.54) is 0 Å². The highest BCUT2D eigenvalue weighted by Crippen LogP contribution is 2.20. The average Bonchev–Trinajstić information content (AvgIpc) is 2.83. The zero-order valence-electron chi connectivity index (χ0n) is 9.23. The molecule has 2 heterocycles. The predicted molar refractivity (Wildman–Crippen MR) is 64.8 cm³/mol. The molecular weight excluding hydrogens is 216 g/mol. The van der Waals surface area contributed by atoms with Crippen molar-refractivity contribution in [3.63, 3.8) is 0 Å². The molecule has 0 aliphatic rings. The van der Waals surface area contributed by atoms with Crippen molar-refractivity contribution in [2.24, 2.45) is 0 Å². The molecule has 1 N–H and O–H groups in total. The van der Waals surface area contributed by atoms with Crippen molar-refractivity contribution in [3.05, 3.63) is 52.6 Å². The van der Waals surface area contributed by atoms with Crippen LogP contribution in [0.1, 0.15) is 5.76 Å². The molecule has 3 rings (SSSR count). The Morgan fingerprint density at radius 1 is 1.29 bits per heavy atom. The standard InChI is InChI=1S/C13H10N2O2/c1-8-11(13-14-6-7-15-13)12(16)9-4-2-3-5-10(9)17-8/h2-7H,1H3,(H,14,15). The van der Waals surface area contributed by atoms with Gasteiger partial charge in [0.2, 0.25) is 5.43 Å². The zero-order chi connectivity index (χ0) is 11.8. The highest BCUT2D eigenvalue weighted by molar-refractivity contribution is 5.81. The highest BCUT2D eigenvalue weighted by Gasteiger charge is 2.14. The SMILES string of the molecule is Cc1oc2ccccc2c(=O)c1-c1ncc[nH]1. The number of hydrogen-bond acceptors (Lipinski definition) is 3. The summed E-state index contributed by atoms with van der Waals surface area (Å²) < 4.78 is 5.64. The largest absolute Gasteiger partial charge is 0.460 e. The minimum absolute atomic E-state index is 0.0562. The van der Waals surface area contributed by atoms with Crippen LogP contribution in [0.5, 0.6) is 0 Å². The Bertz CT molecular complexity index is 727. The zero-order valence-corrected chi connectivity index (χ0v) is 9.23. The third-order valence-electron chi connectivity index (χ3n) is 2.71. The molecule has 0 spiro atoms. The quantitative estimate of drug-likeness (QED) is 0.693. The van der Waals surface area contributed by atoms with Crippen LogP contribution in [0, 0.1) is 6.92 Å². The Kier molecular flexibility index (Phi) is 2.08.